The van der Waals surface area contributed by atoms with Crippen molar-refractivity contribution in [2.75, 3.05) is 0 Å². The van der Waals surface area contributed by atoms with Crippen LogP contribution in [0.5, 0.6) is 0 Å². The van der Waals surface area contributed by atoms with E-state index in [1.54, 1.807) is 6.07 Å². The summed E-state index contributed by atoms with van der Waals surface area (Å²) in [7, 11) is 1.46. The minimum atomic E-state index is -0.762. The fourth-order valence-electron chi connectivity index (χ4n) is 1.67. The van der Waals surface area contributed by atoms with Gasteiger partial charge in [-0.2, -0.15) is 0 Å². The lowest BCUT2D eigenvalue weighted by molar-refractivity contribution is 0.0970. The molecule has 0 bridgehead atoms. The summed E-state index contributed by atoms with van der Waals surface area (Å²) in [6.07, 6.45) is 2.79. The number of carbonyl (C=O) groups excluding carboxylic acids is 1. The largest absolute Gasteiger partial charge is 0.316 e. The number of rotatable bonds is 3. The Labute approximate surface area is 124 Å². The molecule has 7 heteroatoms. The smallest absolute Gasteiger partial charge is 0.312 e. The Kier molecular flexibility index (Phi) is 4.11. The van der Waals surface area contributed by atoms with Gasteiger partial charge in [-0.05, 0) is 18.2 Å². The van der Waals surface area contributed by atoms with E-state index in [1.165, 1.54) is 31.6 Å². The van der Waals surface area contributed by atoms with Gasteiger partial charge in [-0.3, -0.25) is 14.4 Å². The van der Waals surface area contributed by atoms with E-state index in [-0.39, 0.29) is 17.1 Å². The Balaban J connectivity index is 2.38. The Bertz CT molecular complexity index is 793. The third-order valence-corrected chi connectivity index (χ3v) is 3.34. The van der Waals surface area contributed by atoms with Gasteiger partial charge in [0.2, 0.25) is 0 Å². The summed E-state index contributed by atoms with van der Waals surface area (Å²) in [5, 5.41) is 0.616. The van der Waals surface area contributed by atoms with Gasteiger partial charge in [0, 0.05) is 30.0 Å². The number of aromatic nitrogens is 2. The van der Waals surface area contributed by atoms with Crippen LogP contribution in [0.3, 0.4) is 0 Å². The van der Waals surface area contributed by atoms with Gasteiger partial charge in [0.05, 0.1) is 11.6 Å². The predicted octanol–water partition coefficient (Wildman–Crippen LogP) is 1.74. The fourth-order valence-corrected chi connectivity index (χ4v) is 2.06. The molecule has 0 amide bonds. The molecule has 0 atom stereocenters. The molecule has 0 saturated carbocycles. The van der Waals surface area contributed by atoms with Gasteiger partial charge in [0.15, 0.2) is 5.78 Å². The summed E-state index contributed by atoms with van der Waals surface area (Å²) in [6, 6.07) is 4.49. The van der Waals surface area contributed by atoms with Crippen molar-refractivity contribution < 1.29 is 4.79 Å². The molecule has 2 aromatic rings. The number of halogens is 2. The van der Waals surface area contributed by atoms with Crippen LogP contribution in [0.2, 0.25) is 10.0 Å². The van der Waals surface area contributed by atoms with Crippen molar-refractivity contribution in [3.63, 3.8) is 0 Å². The first kappa shape index (κ1) is 14.6. The van der Waals surface area contributed by atoms with Crippen LogP contribution in [0.15, 0.2) is 40.2 Å². The molecule has 20 heavy (non-hydrogen) atoms. The van der Waals surface area contributed by atoms with Gasteiger partial charge >= 0.3 is 11.1 Å². The third kappa shape index (κ3) is 2.84. The van der Waals surface area contributed by atoms with Gasteiger partial charge in [-0.25, -0.2) is 0 Å². The Morgan fingerprint density at radius 3 is 2.55 bits per heavy atom. The molecule has 0 fully saturated rings. The van der Waals surface area contributed by atoms with Crippen molar-refractivity contribution in [1.29, 1.82) is 0 Å². The summed E-state index contributed by atoms with van der Waals surface area (Å²) in [5.41, 5.74) is -1.24. The van der Waals surface area contributed by atoms with Crippen molar-refractivity contribution in [2.45, 2.75) is 6.54 Å². The van der Waals surface area contributed by atoms with E-state index >= 15 is 0 Å². The standard InChI is InChI=1S/C13H10Cl2N2O3/c1-16-4-5-17(13(20)12(16)19)7-11(18)9-6-8(14)2-3-10(9)15/h2-6H,7H2,1H3. The molecule has 104 valence electrons. The molecule has 1 heterocycles. The van der Waals surface area contributed by atoms with Crippen LogP contribution in [0.1, 0.15) is 10.4 Å². The van der Waals surface area contributed by atoms with Crippen LogP contribution in [0.4, 0.5) is 0 Å². The molecule has 1 aromatic carbocycles. The highest BCUT2D eigenvalue weighted by molar-refractivity contribution is 6.35. The molecule has 0 radical (unpaired) electrons. The fraction of sp³-hybridized carbons (Fsp3) is 0.154. The summed E-state index contributed by atoms with van der Waals surface area (Å²) >= 11 is 11.7. The average molecular weight is 313 g/mol. The minimum absolute atomic E-state index is 0.215. The van der Waals surface area contributed by atoms with Crippen LogP contribution in [-0.2, 0) is 13.6 Å². The van der Waals surface area contributed by atoms with E-state index in [1.807, 2.05) is 0 Å². The number of hydrogen-bond acceptors (Lipinski definition) is 3. The minimum Gasteiger partial charge on any atom is -0.312 e. The highest BCUT2D eigenvalue weighted by atomic mass is 35.5. The van der Waals surface area contributed by atoms with Crippen LogP contribution < -0.4 is 11.1 Å². The highest BCUT2D eigenvalue weighted by Crippen LogP contribution is 2.21. The number of ketones is 1. The molecule has 0 aliphatic rings. The van der Waals surface area contributed by atoms with Crippen LogP contribution in [0.25, 0.3) is 0 Å². The number of aryl methyl sites for hydroxylation is 1. The van der Waals surface area contributed by atoms with Crippen molar-refractivity contribution in [2.24, 2.45) is 7.05 Å². The predicted molar refractivity (Wildman–Crippen MR) is 76.7 cm³/mol. The first-order valence-corrected chi connectivity index (χ1v) is 6.40. The highest BCUT2D eigenvalue weighted by Gasteiger charge is 2.13. The van der Waals surface area contributed by atoms with Crippen molar-refractivity contribution in [3.05, 3.63) is 66.9 Å². The van der Waals surface area contributed by atoms with E-state index in [2.05, 4.69) is 0 Å². The molecule has 0 spiro atoms. The van der Waals surface area contributed by atoms with Crippen molar-refractivity contribution in [1.82, 2.24) is 9.13 Å². The molecule has 0 N–H and O–H groups in total. The topological polar surface area (TPSA) is 61.1 Å². The number of carbonyl (C=O) groups is 1. The second-order valence-corrected chi connectivity index (χ2v) is 5.04. The number of hydrogen-bond donors (Lipinski definition) is 0. The second kappa shape index (κ2) is 5.64. The maximum atomic E-state index is 12.1. The monoisotopic (exact) mass is 312 g/mol. The lowest BCUT2D eigenvalue weighted by Crippen LogP contribution is -2.40. The molecule has 1 aromatic heterocycles. The zero-order valence-corrected chi connectivity index (χ0v) is 12.0. The maximum Gasteiger partial charge on any atom is 0.316 e. The Morgan fingerprint density at radius 2 is 1.85 bits per heavy atom. The van der Waals surface area contributed by atoms with E-state index in [0.29, 0.717) is 5.02 Å². The normalized spacial score (nSPS) is 10.6. The first-order chi connectivity index (χ1) is 9.40. The first-order valence-electron chi connectivity index (χ1n) is 5.64. The molecule has 0 unspecified atom stereocenters. The molecule has 2 rings (SSSR count). The zero-order chi connectivity index (χ0) is 14.9. The van der Waals surface area contributed by atoms with Crippen molar-refractivity contribution in [3.8, 4) is 0 Å². The zero-order valence-electron chi connectivity index (χ0n) is 10.5. The SMILES string of the molecule is Cn1ccn(CC(=O)c2cc(Cl)ccc2Cl)c(=O)c1=O. The maximum absolute atomic E-state index is 12.1. The van der Waals surface area contributed by atoms with Crippen LogP contribution >= 0.6 is 23.2 Å². The Morgan fingerprint density at radius 1 is 1.15 bits per heavy atom. The van der Waals surface area contributed by atoms with Gasteiger partial charge < -0.3 is 9.13 Å². The second-order valence-electron chi connectivity index (χ2n) is 4.19. The van der Waals surface area contributed by atoms with Gasteiger partial charge in [-0.1, -0.05) is 23.2 Å². The van der Waals surface area contributed by atoms with Crippen LogP contribution in [-0.4, -0.2) is 14.9 Å². The lowest BCUT2D eigenvalue weighted by atomic mass is 10.1. The molecular weight excluding hydrogens is 303 g/mol. The lowest BCUT2D eigenvalue weighted by Gasteiger charge is -2.07. The van der Waals surface area contributed by atoms with E-state index < -0.39 is 16.9 Å². The molecule has 0 aliphatic carbocycles. The molecule has 0 aliphatic heterocycles. The summed E-state index contributed by atoms with van der Waals surface area (Å²) in [6.45, 7) is -0.269. The third-order valence-electron chi connectivity index (χ3n) is 2.78. The number of benzene rings is 1. The van der Waals surface area contributed by atoms with Gasteiger partial charge in [0.1, 0.15) is 0 Å². The quantitative estimate of drug-likeness (QED) is 0.640. The van der Waals surface area contributed by atoms with Crippen molar-refractivity contribution >= 4 is 29.0 Å². The van der Waals surface area contributed by atoms with E-state index in [9.17, 15) is 14.4 Å². The van der Waals surface area contributed by atoms with Gasteiger partial charge in [0.25, 0.3) is 0 Å². The number of nitrogens with zero attached hydrogens (tertiary/aromatic N) is 2. The summed E-state index contributed by atoms with van der Waals surface area (Å²) in [4.78, 5) is 35.4. The molecule has 5 nitrogen and oxygen atoms in total. The summed E-state index contributed by atoms with van der Waals surface area (Å²) < 4.78 is 2.19. The molecule has 0 saturated heterocycles. The summed E-state index contributed by atoms with van der Waals surface area (Å²) in [5.74, 6) is -0.396. The number of Topliss-reactive ketones (excluding diaryl/α,β-unsaturated/α-hetero) is 1. The van der Waals surface area contributed by atoms with E-state index in [4.69, 9.17) is 23.2 Å². The molecular formula is C13H10Cl2N2O3. The van der Waals surface area contributed by atoms with Crippen LogP contribution in [0, 0.1) is 0 Å². The Hall–Kier alpha value is -1.85. The van der Waals surface area contributed by atoms with Gasteiger partial charge in [-0.15, -0.1) is 0 Å². The average Bonchev–Trinajstić information content (AvgIpc) is 2.42. The van der Waals surface area contributed by atoms with E-state index in [0.717, 1.165) is 9.13 Å².